The van der Waals surface area contributed by atoms with Gasteiger partial charge in [0.15, 0.2) is 5.78 Å². The highest BCUT2D eigenvalue weighted by molar-refractivity contribution is 6.34. The van der Waals surface area contributed by atoms with Crippen molar-refractivity contribution in [1.82, 2.24) is 10.0 Å². The molecule has 1 fully saturated rings. The van der Waals surface area contributed by atoms with Crippen LogP contribution in [0.25, 0.3) is 0 Å². The normalized spacial score (nSPS) is 12.9. The average Bonchev–Trinajstić information content (AvgIpc) is 3.24. The zero-order valence-corrected chi connectivity index (χ0v) is 20.4. The topological polar surface area (TPSA) is 110 Å². The molecule has 3 amide bonds. The van der Waals surface area contributed by atoms with Crippen LogP contribution in [0.4, 0.5) is 0 Å². The number of hydrogen-bond donors (Lipinski definition) is 0. The van der Waals surface area contributed by atoms with Gasteiger partial charge in [-0.3, -0.25) is 19.2 Å². The molecule has 0 unspecified atom stereocenters. The molecule has 3 aromatic carbocycles. The van der Waals surface area contributed by atoms with Crippen molar-refractivity contribution in [3.63, 3.8) is 0 Å². The summed E-state index contributed by atoms with van der Waals surface area (Å²) < 4.78 is 10.5. The molecule has 0 N–H and O–H groups in total. The molecule has 1 saturated heterocycles. The lowest BCUT2D eigenvalue weighted by molar-refractivity contribution is -0.152. The molecule has 37 heavy (non-hydrogen) atoms. The highest BCUT2D eigenvalue weighted by Crippen LogP contribution is 2.23. The quantitative estimate of drug-likeness (QED) is 0.191. The minimum atomic E-state index is -0.758. The standard InChI is InChI=1S/C27H21ClN2O7/c1-36-20-6-4-5-18(15-20)27(35)37-19-11-9-17(10-12-19)23(31)16-29(30-24(32)13-14-25(30)33)26(34)21-7-2-3-8-22(21)28/h2-12,15H,13-14,16H2,1H3. The number of imide groups is 1. The van der Waals surface area contributed by atoms with Crippen LogP contribution in [0.15, 0.2) is 72.8 Å². The number of amides is 3. The van der Waals surface area contributed by atoms with E-state index in [0.717, 1.165) is 5.01 Å². The fourth-order valence-electron chi connectivity index (χ4n) is 3.69. The molecule has 1 aliphatic rings. The maximum atomic E-state index is 13.2. The first-order chi connectivity index (χ1) is 17.8. The van der Waals surface area contributed by atoms with E-state index in [1.54, 1.807) is 30.3 Å². The molecule has 0 aromatic heterocycles. The Hall–Kier alpha value is -4.50. The van der Waals surface area contributed by atoms with E-state index in [4.69, 9.17) is 21.1 Å². The Labute approximate surface area is 217 Å². The van der Waals surface area contributed by atoms with Crippen molar-refractivity contribution in [2.45, 2.75) is 12.8 Å². The summed E-state index contributed by atoms with van der Waals surface area (Å²) >= 11 is 6.15. The Balaban J connectivity index is 1.52. The van der Waals surface area contributed by atoms with Crippen molar-refractivity contribution >= 4 is 41.1 Å². The fourth-order valence-corrected chi connectivity index (χ4v) is 3.91. The van der Waals surface area contributed by atoms with E-state index in [9.17, 15) is 24.0 Å². The zero-order chi connectivity index (χ0) is 26.5. The van der Waals surface area contributed by atoms with Crippen molar-refractivity contribution in [3.8, 4) is 11.5 Å². The van der Waals surface area contributed by atoms with Crippen LogP contribution >= 0.6 is 11.6 Å². The molecule has 0 spiro atoms. The predicted molar refractivity (Wildman–Crippen MR) is 132 cm³/mol. The molecule has 1 heterocycles. The Morgan fingerprint density at radius 2 is 1.54 bits per heavy atom. The number of carbonyl (C=O) groups excluding carboxylic acids is 5. The van der Waals surface area contributed by atoms with Crippen molar-refractivity contribution in [1.29, 1.82) is 0 Å². The molecule has 10 heteroatoms. The van der Waals surface area contributed by atoms with Gasteiger partial charge in [-0.1, -0.05) is 29.8 Å². The van der Waals surface area contributed by atoms with Crippen molar-refractivity contribution < 1.29 is 33.4 Å². The molecule has 0 radical (unpaired) electrons. The van der Waals surface area contributed by atoms with Crippen LogP contribution in [0.3, 0.4) is 0 Å². The highest BCUT2D eigenvalue weighted by atomic mass is 35.5. The van der Waals surface area contributed by atoms with E-state index in [1.165, 1.54) is 49.6 Å². The lowest BCUT2D eigenvalue weighted by Gasteiger charge is -2.29. The van der Waals surface area contributed by atoms with Gasteiger partial charge in [0.2, 0.25) is 11.8 Å². The van der Waals surface area contributed by atoms with Gasteiger partial charge < -0.3 is 9.47 Å². The molecule has 9 nitrogen and oxygen atoms in total. The summed E-state index contributed by atoms with van der Waals surface area (Å²) in [5, 5.41) is 1.64. The summed E-state index contributed by atoms with van der Waals surface area (Å²) in [6, 6.07) is 18.3. The molecule has 0 bridgehead atoms. The summed E-state index contributed by atoms with van der Waals surface area (Å²) in [4.78, 5) is 63.5. The largest absolute Gasteiger partial charge is 0.497 e. The minimum Gasteiger partial charge on any atom is -0.497 e. The number of methoxy groups -OCH3 is 1. The van der Waals surface area contributed by atoms with Gasteiger partial charge in [-0.05, 0) is 54.6 Å². The van der Waals surface area contributed by atoms with Crippen LogP contribution < -0.4 is 9.47 Å². The summed E-state index contributed by atoms with van der Waals surface area (Å²) in [7, 11) is 1.48. The summed E-state index contributed by atoms with van der Waals surface area (Å²) in [5.41, 5.74) is 0.509. The summed E-state index contributed by atoms with van der Waals surface area (Å²) in [6.07, 6.45) is -0.126. The predicted octanol–water partition coefficient (Wildman–Crippen LogP) is 3.96. The lowest BCUT2D eigenvalue weighted by Crippen LogP contribution is -2.51. The summed E-state index contributed by atoms with van der Waals surface area (Å²) in [5.74, 6) is -2.39. The third-order valence-corrected chi connectivity index (χ3v) is 5.92. The number of Topliss-reactive ketones (excluding diaryl/α,β-unsaturated/α-hetero) is 1. The molecule has 1 aliphatic heterocycles. The van der Waals surface area contributed by atoms with Gasteiger partial charge in [-0.25, -0.2) is 9.80 Å². The number of halogens is 1. The van der Waals surface area contributed by atoms with Crippen molar-refractivity contribution in [2.75, 3.05) is 13.7 Å². The molecule has 188 valence electrons. The highest BCUT2D eigenvalue weighted by Gasteiger charge is 2.38. The van der Waals surface area contributed by atoms with Crippen LogP contribution in [0, 0.1) is 0 Å². The molecule has 0 atom stereocenters. The first-order valence-electron chi connectivity index (χ1n) is 11.2. The molecule has 3 aromatic rings. The number of hydrazine groups is 1. The number of benzene rings is 3. The number of rotatable bonds is 8. The Morgan fingerprint density at radius 3 is 2.19 bits per heavy atom. The first kappa shape index (κ1) is 25.6. The second-order valence-corrected chi connectivity index (χ2v) is 8.42. The second kappa shape index (κ2) is 11.0. The van der Waals surface area contributed by atoms with E-state index in [1.807, 2.05) is 0 Å². The molecule has 0 saturated carbocycles. The Kier molecular flexibility index (Phi) is 7.64. The number of ketones is 1. The van der Waals surface area contributed by atoms with Gasteiger partial charge in [0.25, 0.3) is 5.91 Å². The van der Waals surface area contributed by atoms with E-state index in [2.05, 4.69) is 0 Å². The van der Waals surface area contributed by atoms with Crippen molar-refractivity contribution in [3.05, 3.63) is 94.5 Å². The van der Waals surface area contributed by atoms with E-state index >= 15 is 0 Å². The summed E-state index contributed by atoms with van der Waals surface area (Å²) in [6.45, 7) is -0.579. The van der Waals surface area contributed by atoms with Gasteiger partial charge in [0.05, 0.1) is 23.3 Å². The number of carbonyl (C=O) groups is 5. The maximum absolute atomic E-state index is 13.2. The van der Waals surface area contributed by atoms with Gasteiger partial charge in [-0.2, -0.15) is 5.01 Å². The maximum Gasteiger partial charge on any atom is 0.343 e. The minimum absolute atomic E-state index is 0.0456. The van der Waals surface area contributed by atoms with E-state index in [0.29, 0.717) is 10.8 Å². The van der Waals surface area contributed by atoms with Gasteiger partial charge >= 0.3 is 5.97 Å². The Morgan fingerprint density at radius 1 is 0.865 bits per heavy atom. The molecular weight excluding hydrogens is 500 g/mol. The fraction of sp³-hybridized carbons (Fsp3) is 0.148. The van der Waals surface area contributed by atoms with Gasteiger partial charge in [0, 0.05) is 18.4 Å². The number of nitrogens with zero attached hydrogens (tertiary/aromatic N) is 2. The molecular formula is C27H21ClN2O7. The van der Waals surface area contributed by atoms with Crippen molar-refractivity contribution in [2.24, 2.45) is 0 Å². The SMILES string of the molecule is COc1cccc(C(=O)Oc2ccc(C(=O)CN(C(=O)c3ccccc3Cl)N3C(=O)CCC3=O)cc2)c1. The third kappa shape index (κ3) is 5.68. The van der Waals surface area contributed by atoms with Crippen LogP contribution in [0.2, 0.25) is 5.02 Å². The van der Waals surface area contributed by atoms with Crippen LogP contribution in [0.1, 0.15) is 43.9 Å². The van der Waals surface area contributed by atoms with Gasteiger partial charge in [0.1, 0.15) is 18.0 Å². The number of esters is 1. The number of hydrogen-bond acceptors (Lipinski definition) is 7. The first-order valence-corrected chi connectivity index (χ1v) is 11.6. The van der Waals surface area contributed by atoms with Crippen LogP contribution in [0.5, 0.6) is 11.5 Å². The monoisotopic (exact) mass is 520 g/mol. The van der Waals surface area contributed by atoms with Crippen LogP contribution in [-0.2, 0) is 9.59 Å². The second-order valence-electron chi connectivity index (χ2n) is 8.01. The number of ether oxygens (including phenoxy) is 2. The molecule has 4 rings (SSSR count). The third-order valence-electron chi connectivity index (χ3n) is 5.59. The van der Waals surface area contributed by atoms with E-state index < -0.39 is 36.0 Å². The lowest BCUT2D eigenvalue weighted by atomic mass is 10.1. The smallest absolute Gasteiger partial charge is 0.343 e. The van der Waals surface area contributed by atoms with E-state index in [-0.39, 0.29) is 40.3 Å². The Bertz CT molecular complexity index is 1370. The average molecular weight is 521 g/mol. The van der Waals surface area contributed by atoms with Gasteiger partial charge in [-0.15, -0.1) is 0 Å². The molecule has 0 aliphatic carbocycles. The van der Waals surface area contributed by atoms with Crippen LogP contribution in [-0.4, -0.2) is 53.1 Å². The zero-order valence-electron chi connectivity index (χ0n) is 19.7.